The van der Waals surface area contributed by atoms with E-state index in [1.165, 1.54) is 0 Å². The Hall–Kier alpha value is -1.75. The monoisotopic (exact) mass is 292 g/mol. The Morgan fingerprint density at radius 3 is 2.86 bits per heavy atom. The van der Waals surface area contributed by atoms with Crippen LogP contribution in [0.1, 0.15) is 13.3 Å². The number of benzene rings is 1. The van der Waals surface area contributed by atoms with Crippen LogP contribution >= 0.6 is 0 Å². The standard InChI is InChI=1S/C16H24N2O3/c1-3-20-14-5-4-6-15(11-14)21-10-9-18-8-7-13(12-18)16(19)17-2/h4-6,11,13H,3,7-10,12H2,1-2H3,(H,17,19)/t13-/m1/s1. The van der Waals surface area contributed by atoms with E-state index < -0.39 is 0 Å². The van der Waals surface area contributed by atoms with Crippen LogP contribution in [0.4, 0.5) is 0 Å². The third kappa shape index (κ3) is 4.63. The van der Waals surface area contributed by atoms with Gasteiger partial charge in [0.05, 0.1) is 12.5 Å². The van der Waals surface area contributed by atoms with Gasteiger partial charge >= 0.3 is 0 Å². The van der Waals surface area contributed by atoms with Crippen molar-refractivity contribution in [2.45, 2.75) is 13.3 Å². The number of hydrogen-bond donors (Lipinski definition) is 1. The first-order chi connectivity index (χ1) is 10.2. The van der Waals surface area contributed by atoms with Crippen LogP contribution in [-0.4, -0.2) is 50.7 Å². The summed E-state index contributed by atoms with van der Waals surface area (Å²) in [4.78, 5) is 13.8. The maximum atomic E-state index is 11.6. The lowest BCUT2D eigenvalue weighted by Gasteiger charge is -2.16. The van der Waals surface area contributed by atoms with Gasteiger partial charge in [0.15, 0.2) is 0 Å². The number of rotatable bonds is 7. The number of ether oxygens (including phenoxy) is 2. The summed E-state index contributed by atoms with van der Waals surface area (Å²) in [5, 5.41) is 2.72. The highest BCUT2D eigenvalue weighted by molar-refractivity contribution is 5.78. The van der Waals surface area contributed by atoms with Gasteiger partial charge in [-0.25, -0.2) is 0 Å². The number of carbonyl (C=O) groups excluding carboxylic acids is 1. The molecule has 1 aromatic carbocycles. The summed E-state index contributed by atoms with van der Waals surface area (Å²) in [7, 11) is 1.69. The molecule has 116 valence electrons. The van der Waals surface area contributed by atoms with Gasteiger partial charge in [0, 0.05) is 26.2 Å². The van der Waals surface area contributed by atoms with Crippen LogP contribution in [0.3, 0.4) is 0 Å². The molecule has 1 aliphatic heterocycles. The summed E-state index contributed by atoms with van der Waals surface area (Å²) < 4.78 is 11.2. The molecule has 0 radical (unpaired) electrons. The average molecular weight is 292 g/mol. The fraction of sp³-hybridized carbons (Fsp3) is 0.562. The SMILES string of the molecule is CCOc1cccc(OCCN2CC[C@@H](C(=O)NC)C2)c1. The number of amides is 1. The van der Waals surface area contributed by atoms with Gasteiger partial charge in [-0.05, 0) is 32.0 Å². The molecular formula is C16H24N2O3. The molecule has 0 bridgehead atoms. The second kappa shape index (κ2) is 7.88. The van der Waals surface area contributed by atoms with Gasteiger partial charge in [0.25, 0.3) is 0 Å². The van der Waals surface area contributed by atoms with Gasteiger partial charge in [-0.3, -0.25) is 9.69 Å². The largest absolute Gasteiger partial charge is 0.494 e. The first kappa shape index (κ1) is 15.6. The maximum Gasteiger partial charge on any atom is 0.224 e. The van der Waals surface area contributed by atoms with Crippen LogP contribution < -0.4 is 14.8 Å². The zero-order valence-corrected chi connectivity index (χ0v) is 12.8. The van der Waals surface area contributed by atoms with Gasteiger partial charge in [0.2, 0.25) is 5.91 Å². The lowest BCUT2D eigenvalue weighted by Crippen LogP contribution is -2.31. The Labute approximate surface area is 126 Å². The minimum Gasteiger partial charge on any atom is -0.494 e. The summed E-state index contributed by atoms with van der Waals surface area (Å²) in [5.74, 6) is 1.91. The summed E-state index contributed by atoms with van der Waals surface area (Å²) in [6.45, 7) is 5.85. The van der Waals surface area contributed by atoms with Crippen LogP contribution in [0.25, 0.3) is 0 Å². The normalized spacial score (nSPS) is 18.5. The Morgan fingerprint density at radius 1 is 1.38 bits per heavy atom. The molecule has 5 heteroatoms. The fourth-order valence-electron chi connectivity index (χ4n) is 2.57. The average Bonchev–Trinajstić information content (AvgIpc) is 2.96. The third-order valence-corrected chi connectivity index (χ3v) is 3.68. The molecule has 1 N–H and O–H groups in total. The molecule has 0 saturated carbocycles. The lowest BCUT2D eigenvalue weighted by atomic mass is 10.1. The third-order valence-electron chi connectivity index (χ3n) is 3.68. The first-order valence-corrected chi connectivity index (χ1v) is 7.52. The number of nitrogens with one attached hydrogen (secondary N) is 1. The van der Waals surface area contributed by atoms with E-state index in [1.54, 1.807) is 7.05 Å². The number of nitrogens with zero attached hydrogens (tertiary/aromatic N) is 1. The second-order valence-electron chi connectivity index (χ2n) is 5.16. The number of carbonyl (C=O) groups is 1. The predicted octanol–water partition coefficient (Wildman–Crippen LogP) is 1.53. The topological polar surface area (TPSA) is 50.8 Å². The first-order valence-electron chi connectivity index (χ1n) is 7.52. The highest BCUT2D eigenvalue weighted by Gasteiger charge is 2.27. The molecule has 0 aromatic heterocycles. The van der Waals surface area contributed by atoms with Crippen molar-refractivity contribution >= 4 is 5.91 Å². The van der Waals surface area contributed by atoms with Gasteiger partial charge in [-0.15, -0.1) is 0 Å². The molecule has 1 saturated heterocycles. The van der Waals surface area contributed by atoms with Crippen LogP contribution in [0, 0.1) is 5.92 Å². The van der Waals surface area contributed by atoms with Gasteiger partial charge < -0.3 is 14.8 Å². The Bertz CT molecular complexity index is 465. The van der Waals surface area contributed by atoms with Crippen molar-refractivity contribution in [2.75, 3.05) is 39.9 Å². The molecule has 0 unspecified atom stereocenters. The minimum absolute atomic E-state index is 0.122. The number of hydrogen-bond acceptors (Lipinski definition) is 4. The molecular weight excluding hydrogens is 268 g/mol. The highest BCUT2D eigenvalue weighted by atomic mass is 16.5. The van der Waals surface area contributed by atoms with E-state index in [0.29, 0.717) is 13.2 Å². The quantitative estimate of drug-likeness (QED) is 0.828. The van der Waals surface area contributed by atoms with E-state index in [2.05, 4.69) is 10.2 Å². The van der Waals surface area contributed by atoms with Gasteiger partial charge in [0.1, 0.15) is 18.1 Å². The smallest absolute Gasteiger partial charge is 0.224 e. The molecule has 2 rings (SSSR count). The molecule has 1 heterocycles. The zero-order valence-electron chi connectivity index (χ0n) is 12.8. The maximum absolute atomic E-state index is 11.6. The molecule has 5 nitrogen and oxygen atoms in total. The minimum atomic E-state index is 0.122. The van der Waals surface area contributed by atoms with Crippen molar-refractivity contribution in [3.8, 4) is 11.5 Å². The Morgan fingerprint density at radius 2 is 2.14 bits per heavy atom. The van der Waals surface area contributed by atoms with Gasteiger partial charge in [-0.1, -0.05) is 6.07 Å². The molecule has 0 aliphatic carbocycles. The van der Waals surface area contributed by atoms with Crippen LogP contribution in [0.5, 0.6) is 11.5 Å². The van der Waals surface area contributed by atoms with Crippen molar-refractivity contribution in [3.63, 3.8) is 0 Å². The van der Waals surface area contributed by atoms with E-state index in [9.17, 15) is 4.79 Å². The molecule has 1 fully saturated rings. The summed E-state index contributed by atoms with van der Waals surface area (Å²) in [6, 6.07) is 7.68. The number of likely N-dealkylation sites (tertiary alicyclic amines) is 1. The summed E-state index contributed by atoms with van der Waals surface area (Å²) in [6.07, 6.45) is 0.930. The molecule has 1 aromatic rings. The van der Waals surface area contributed by atoms with Crippen molar-refractivity contribution in [1.29, 1.82) is 0 Å². The van der Waals surface area contributed by atoms with Crippen molar-refractivity contribution in [2.24, 2.45) is 5.92 Å². The molecule has 0 spiro atoms. The Kier molecular flexibility index (Phi) is 5.87. The highest BCUT2D eigenvalue weighted by Crippen LogP contribution is 2.20. The van der Waals surface area contributed by atoms with E-state index in [-0.39, 0.29) is 11.8 Å². The van der Waals surface area contributed by atoms with Crippen LogP contribution in [0.15, 0.2) is 24.3 Å². The van der Waals surface area contributed by atoms with E-state index in [1.807, 2.05) is 31.2 Å². The predicted molar refractivity (Wildman–Crippen MR) is 81.7 cm³/mol. The molecule has 21 heavy (non-hydrogen) atoms. The van der Waals surface area contributed by atoms with Crippen LogP contribution in [-0.2, 0) is 4.79 Å². The van der Waals surface area contributed by atoms with E-state index in [4.69, 9.17) is 9.47 Å². The van der Waals surface area contributed by atoms with E-state index >= 15 is 0 Å². The zero-order chi connectivity index (χ0) is 15.1. The molecule has 1 amide bonds. The van der Waals surface area contributed by atoms with E-state index in [0.717, 1.165) is 37.6 Å². The van der Waals surface area contributed by atoms with Crippen molar-refractivity contribution in [1.82, 2.24) is 10.2 Å². The lowest BCUT2D eigenvalue weighted by molar-refractivity contribution is -0.124. The Balaban J connectivity index is 1.72. The van der Waals surface area contributed by atoms with Crippen LogP contribution in [0.2, 0.25) is 0 Å². The molecule has 1 aliphatic rings. The van der Waals surface area contributed by atoms with Gasteiger partial charge in [-0.2, -0.15) is 0 Å². The fourth-order valence-corrected chi connectivity index (χ4v) is 2.57. The molecule has 1 atom stereocenters. The van der Waals surface area contributed by atoms with Crippen molar-refractivity contribution < 1.29 is 14.3 Å². The van der Waals surface area contributed by atoms with Crippen molar-refractivity contribution in [3.05, 3.63) is 24.3 Å². The summed E-state index contributed by atoms with van der Waals surface area (Å²) in [5.41, 5.74) is 0. The second-order valence-corrected chi connectivity index (χ2v) is 5.16. The summed E-state index contributed by atoms with van der Waals surface area (Å²) >= 11 is 0.